The first-order chi connectivity index (χ1) is 12.7. The molecule has 1 unspecified atom stereocenters. The highest BCUT2D eigenvalue weighted by Gasteiger charge is 2.24. The van der Waals surface area contributed by atoms with E-state index in [9.17, 15) is 18.0 Å². The van der Waals surface area contributed by atoms with Crippen LogP contribution in [0.3, 0.4) is 0 Å². The Morgan fingerprint density at radius 1 is 1.22 bits per heavy atom. The molecule has 0 aliphatic heterocycles. The van der Waals surface area contributed by atoms with E-state index >= 15 is 0 Å². The molecule has 2 amide bonds. The van der Waals surface area contributed by atoms with Gasteiger partial charge in [-0.05, 0) is 36.6 Å². The first kappa shape index (κ1) is 20.9. The number of nitrogens with zero attached hydrogens (tertiary/aromatic N) is 1. The number of carbonyl (C=O) groups is 2. The number of sulfonamides is 1. The minimum atomic E-state index is -3.79. The van der Waals surface area contributed by atoms with Crippen molar-refractivity contribution in [2.45, 2.75) is 17.2 Å². The lowest BCUT2D eigenvalue weighted by Gasteiger charge is -2.17. The molecule has 0 spiro atoms. The largest absolute Gasteiger partial charge is 0.495 e. The predicted octanol–water partition coefficient (Wildman–Crippen LogP) is 1.76. The van der Waals surface area contributed by atoms with E-state index in [0.717, 1.165) is 11.3 Å². The maximum atomic E-state index is 12.5. The van der Waals surface area contributed by atoms with Crippen LogP contribution in [0.4, 0.5) is 5.69 Å². The number of hydrogen-bond acceptors (Lipinski definition) is 6. The second-order valence-electron chi connectivity index (χ2n) is 5.88. The van der Waals surface area contributed by atoms with Gasteiger partial charge in [-0.15, -0.1) is 11.3 Å². The molecule has 1 atom stereocenters. The van der Waals surface area contributed by atoms with E-state index in [1.54, 1.807) is 37.7 Å². The van der Waals surface area contributed by atoms with Gasteiger partial charge in [0.1, 0.15) is 9.96 Å². The van der Waals surface area contributed by atoms with E-state index in [4.69, 9.17) is 4.74 Å². The number of nitrogens with one attached hydrogen (secondary N) is 2. The normalized spacial score (nSPS) is 12.3. The van der Waals surface area contributed by atoms with Crippen molar-refractivity contribution in [1.82, 2.24) is 9.62 Å². The van der Waals surface area contributed by atoms with Crippen LogP contribution in [0.2, 0.25) is 0 Å². The molecule has 0 bridgehead atoms. The molecule has 0 saturated carbocycles. The lowest BCUT2D eigenvalue weighted by molar-refractivity contribution is -0.117. The maximum absolute atomic E-state index is 12.5. The Kier molecular flexibility index (Phi) is 6.58. The third-order valence-electron chi connectivity index (χ3n) is 3.60. The van der Waals surface area contributed by atoms with Gasteiger partial charge >= 0.3 is 0 Å². The Morgan fingerprint density at radius 3 is 2.48 bits per heavy atom. The molecule has 146 valence electrons. The summed E-state index contributed by atoms with van der Waals surface area (Å²) in [7, 11) is 0.880. The number of thiophene rings is 1. The molecule has 2 N–H and O–H groups in total. The van der Waals surface area contributed by atoms with E-state index in [-0.39, 0.29) is 15.8 Å². The monoisotopic (exact) mass is 411 g/mol. The molecule has 0 aliphatic carbocycles. The second kappa shape index (κ2) is 8.51. The zero-order valence-corrected chi connectivity index (χ0v) is 17.0. The van der Waals surface area contributed by atoms with Gasteiger partial charge in [0, 0.05) is 19.7 Å². The highest BCUT2D eigenvalue weighted by atomic mass is 32.2. The van der Waals surface area contributed by atoms with E-state index in [1.807, 2.05) is 0 Å². The first-order valence-electron chi connectivity index (χ1n) is 7.92. The summed E-state index contributed by atoms with van der Waals surface area (Å²) in [6.07, 6.45) is 0. The van der Waals surface area contributed by atoms with Crippen LogP contribution in [0.5, 0.6) is 5.75 Å². The summed E-state index contributed by atoms with van der Waals surface area (Å²) in [5.41, 5.74) is 0.639. The highest BCUT2D eigenvalue weighted by Crippen LogP contribution is 2.26. The van der Waals surface area contributed by atoms with Crippen LogP contribution in [-0.4, -0.2) is 52.4 Å². The second-order valence-corrected chi connectivity index (χ2v) is 8.77. The molecule has 0 saturated heterocycles. The van der Waals surface area contributed by atoms with Gasteiger partial charge in [0.15, 0.2) is 0 Å². The average molecular weight is 412 g/mol. The Labute approximate surface area is 162 Å². The summed E-state index contributed by atoms with van der Waals surface area (Å²) in [5.74, 6) is -0.463. The summed E-state index contributed by atoms with van der Waals surface area (Å²) in [6, 6.07) is 6.67. The summed E-state index contributed by atoms with van der Waals surface area (Å²) >= 11 is 1.06. The Hall–Kier alpha value is -2.43. The molecule has 0 fully saturated rings. The molecule has 27 heavy (non-hydrogen) atoms. The van der Waals surface area contributed by atoms with Crippen molar-refractivity contribution in [1.29, 1.82) is 0 Å². The third-order valence-corrected chi connectivity index (χ3v) is 6.53. The van der Waals surface area contributed by atoms with Crippen LogP contribution in [0.1, 0.15) is 17.3 Å². The molecule has 2 aromatic rings. The van der Waals surface area contributed by atoms with Gasteiger partial charge in [-0.1, -0.05) is 6.07 Å². The third kappa shape index (κ3) is 5.06. The van der Waals surface area contributed by atoms with Gasteiger partial charge in [-0.25, -0.2) is 8.42 Å². The number of rotatable bonds is 7. The number of ether oxygens (including phenoxy) is 1. The van der Waals surface area contributed by atoms with Crippen molar-refractivity contribution in [3.8, 4) is 5.75 Å². The number of methoxy groups -OCH3 is 1. The fourth-order valence-electron chi connectivity index (χ4n) is 2.20. The molecule has 1 aromatic carbocycles. The fraction of sp³-hybridized carbons (Fsp3) is 0.294. The molecule has 0 radical (unpaired) electrons. The van der Waals surface area contributed by atoms with Gasteiger partial charge in [0.05, 0.1) is 18.8 Å². The molecule has 1 aromatic heterocycles. The number of hydrogen-bond donors (Lipinski definition) is 2. The summed E-state index contributed by atoms with van der Waals surface area (Å²) in [6.45, 7) is 1.43. The molecule has 0 aliphatic rings. The van der Waals surface area contributed by atoms with Crippen molar-refractivity contribution in [2.75, 3.05) is 26.5 Å². The van der Waals surface area contributed by atoms with Crippen LogP contribution in [-0.2, 0) is 14.8 Å². The summed E-state index contributed by atoms with van der Waals surface area (Å²) in [4.78, 5) is 26.0. The minimum absolute atomic E-state index is 0.123. The fourth-order valence-corrected chi connectivity index (χ4v) is 4.41. The van der Waals surface area contributed by atoms with Crippen LogP contribution >= 0.6 is 11.3 Å². The van der Waals surface area contributed by atoms with Crippen LogP contribution in [0.25, 0.3) is 0 Å². The topological polar surface area (TPSA) is 105 Å². The first-order valence-corrected chi connectivity index (χ1v) is 10.3. The smallest absolute Gasteiger partial charge is 0.253 e. The zero-order valence-electron chi connectivity index (χ0n) is 15.3. The molecule has 10 heteroatoms. The maximum Gasteiger partial charge on any atom is 0.253 e. The highest BCUT2D eigenvalue weighted by molar-refractivity contribution is 7.91. The molecule has 1 heterocycles. The van der Waals surface area contributed by atoms with Gasteiger partial charge in [0.25, 0.3) is 15.9 Å². The van der Waals surface area contributed by atoms with E-state index in [0.29, 0.717) is 11.3 Å². The van der Waals surface area contributed by atoms with Crippen LogP contribution < -0.4 is 14.8 Å². The lowest BCUT2D eigenvalue weighted by atomic mass is 10.1. The molecular weight excluding hydrogens is 390 g/mol. The Bertz CT molecular complexity index is 924. The average Bonchev–Trinajstić information content (AvgIpc) is 3.16. The van der Waals surface area contributed by atoms with Gasteiger partial charge in [-0.2, -0.15) is 4.72 Å². The van der Waals surface area contributed by atoms with Crippen molar-refractivity contribution < 1.29 is 22.7 Å². The minimum Gasteiger partial charge on any atom is -0.495 e. The van der Waals surface area contributed by atoms with Crippen molar-refractivity contribution in [3.63, 3.8) is 0 Å². The van der Waals surface area contributed by atoms with Crippen molar-refractivity contribution >= 4 is 38.9 Å². The predicted molar refractivity (Wildman–Crippen MR) is 104 cm³/mol. The SMILES string of the molecule is COc1ccc(C(=O)N(C)C)cc1NC(=O)C(C)NS(=O)(=O)c1cccs1. The van der Waals surface area contributed by atoms with Crippen LogP contribution in [0, 0.1) is 0 Å². The van der Waals surface area contributed by atoms with E-state index in [2.05, 4.69) is 10.0 Å². The van der Waals surface area contributed by atoms with Crippen LogP contribution in [0.15, 0.2) is 39.9 Å². The number of benzene rings is 1. The molecule has 2 rings (SSSR count). The number of anilines is 1. The summed E-state index contributed by atoms with van der Waals surface area (Å²) < 4.78 is 32.1. The number of amides is 2. The lowest BCUT2D eigenvalue weighted by Crippen LogP contribution is -2.41. The van der Waals surface area contributed by atoms with Gasteiger partial charge in [-0.3, -0.25) is 9.59 Å². The standard InChI is InChI=1S/C17H21N3O5S2/c1-11(19-27(23,24)15-6-5-9-26-15)16(21)18-13-10-12(17(22)20(2)3)7-8-14(13)25-4/h5-11,19H,1-4H3,(H,18,21). The van der Waals surface area contributed by atoms with Gasteiger partial charge in [0.2, 0.25) is 5.91 Å². The molecule has 8 nitrogen and oxygen atoms in total. The van der Waals surface area contributed by atoms with Crippen molar-refractivity contribution in [3.05, 3.63) is 41.3 Å². The zero-order chi connectivity index (χ0) is 20.2. The summed E-state index contributed by atoms with van der Waals surface area (Å²) in [5, 5.41) is 4.24. The van der Waals surface area contributed by atoms with Crippen molar-refractivity contribution in [2.24, 2.45) is 0 Å². The quantitative estimate of drug-likeness (QED) is 0.722. The molecular formula is C17H21N3O5S2. The van der Waals surface area contributed by atoms with Gasteiger partial charge < -0.3 is 15.0 Å². The Balaban J connectivity index is 2.18. The Morgan fingerprint density at radius 2 is 1.93 bits per heavy atom. The number of carbonyl (C=O) groups excluding carboxylic acids is 2. The van der Waals surface area contributed by atoms with E-state index < -0.39 is 22.0 Å². The van der Waals surface area contributed by atoms with E-state index in [1.165, 1.54) is 31.1 Å².